The number of aromatic nitrogens is 2. The molecule has 198 valence electrons. The Hall–Kier alpha value is -2.37. The van der Waals surface area contributed by atoms with Gasteiger partial charge in [-0.25, -0.2) is 9.97 Å². The van der Waals surface area contributed by atoms with Crippen LogP contribution in [0.15, 0.2) is 30.5 Å². The van der Waals surface area contributed by atoms with Gasteiger partial charge in [0.15, 0.2) is 0 Å². The standard InChI is InChI=1S/C29H38ClN5O2/c1-2-29(12-16-37-17-13-29)20-32-27-5-3-4-26(35-27)24-18-28(31-19-25(24)30)34-22-8-6-21(7-9-22)33-23-10-14-36-15-11-23/h1,3-5,18-19,21-23,33H,6-17,20H2,(H,31,34)(H,32,35). The van der Waals surface area contributed by atoms with E-state index < -0.39 is 0 Å². The van der Waals surface area contributed by atoms with Crippen LogP contribution in [0, 0.1) is 17.8 Å². The first-order valence-electron chi connectivity index (χ1n) is 13.7. The van der Waals surface area contributed by atoms with Gasteiger partial charge in [-0.3, -0.25) is 0 Å². The van der Waals surface area contributed by atoms with Gasteiger partial charge in [0.1, 0.15) is 11.6 Å². The maximum Gasteiger partial charge on any atom is 0.126 e. The molecule has 3 aliphatic rings. The molecule has 8 heteroatoms. The van der Waals surface area contributed by atoms with E-state index in [0.717, 1.165) is 74.6 Å². The largest absolute Gasteiger partial charge is 0.381 e. The molecular weight excluding hydrogens is 486 g/mol. The summed E-state index contributed by atoms with van der Waals surface area (Å²) in [5.41, 5.74) is 1.49. The highest BCUT2D eigenvalue weighted by molar-refractivity contribution is 6.33. The first-order chi connectivity index (χ1) is 18.1. The van der Waals surface area contributed by atoms with Gasteiger partial charge in [-0.05, 0) is 69.6 Å². The third-order valence-electron chi connectivity index (χ3n) is 8.02. The molecule has 0 aromatic carbocycles. The number of nitrogens with one attached hydrogen (secondary N) is 3. The van der Waals surface area contributed by atoms with Crippen molar-refractivity contribution < 1.29 is 9.47 Å². The summed E-state index contributed by atoms with van der Waals surface area (Å²) in [6, 6.07) is 9.58. The predicted octanol–water partition coefficient (Wildman–Crippen LogP) is 5.13. The minimum atomic E-state index is -0.194. The minimum Gasteiger partial charge on any atom is -0.381 e. The smallest absolute Gasteiger partial charge is 0.126 e. The number of halogens is 1. The van der Waals surface area contributed by atoms with Crippen molar-refractivity contribution in [2.75, 3.05) is 43.6 Å². The van der Waals surface area contributed by atoms with Crippen molar-refractivity contribution in [3.8, 4) is 23.6 Å². The number of hydrogen-bond donors (Lipinski definition) is 3. The molecule has 7 nitrogen and oxygen atoms in total. The van der Waals surface area contributed by atoms with Gasteiger partial charge in [0.05, 0.1) is 16.1 Å². The highest BCUT2D eigenvalue weighted by Crippen LogP contribution is 2.32. The van der Waals surface area contributed by atoms with E-state index in [1.54, 1.807) is 6.20 Å². The molecule has 1 aliphatic carbocycles. The van der Waals surface area contributed by atoms with Crippen molar-refractivity contribution in [1.82, 2.24) is 15.3 Å². The number of pyridine rings is 2. The van der Waals surface area contributed by atoms with Gasteiger partial charge in [0.25, 0.3) is 0 Å². The van der Waals surface area contributed by atoms with E-state index in [0.29, 0.717) is 42.9 Å². The third kappa shape index (κ3) is 6.94. The average molecular weight is 524 g/mol. The Kier molecular flexibility index (Phi) is 8.83. The SMILES string of the molecule is C#CC1(CNc2cccc(-c3cc(NC4CCC(NC5CCOCC5)CC4)ncc3Cl)n2)CCOCC1. The Morgan fingerprint density at radius 3 is 2.41 bits per heavy atom. The van der Waals surface area contributed by atoms with Crippen LogP contribution in [0.1, 0.15) is 51.4 Å². The van der Waals surface area contributed by atoms with E-state index in [2.05, 4.69) is 26.9 Å². The summed E-state index contributed by atoms with van der Waals surface area (Å²) in [6.45, 7) is 3.85. The van der Waals surface area contributed by atoms with E-state index in [4.69, 9.17) is 32.5 Å². The van der Waals surface area contributed by atoms with Crippen molar-refractivity contribution in [3.63, 3.8) is 0 Å². The fourth-order valence-electron chi connectivity index (χ4n) is 5.60. The third-order valence-corrected chi connectivity index (χ3v) is 8.32. The summed E-state index contributed by atoms with van der Waals surface area (Å²) in [5.74, 6) is 4.63. The maximum absolute atomic E-state index is 6.57. The zero-order valence-corrected chi connectivity index (χ0v) is 22.2. The van der Waals surface area contributed by atoms with Crippen LogP contribution in [0.25, 0.3) is 11.3 Å². The molecule has 2 aliphatic heterocycles. The Morgan fingerprint density at radius 2 is 1.65 bits per heavy atom. The molecule has 0 bridgehead atoms. The van der Waals surface area contributed by atoms with E-state index in [1.165, 1.54) is 12.8 Å². The molecule has 0 radical (unpaired) electrons. The highest BCUT2D eigenvalue weighted by atomic mass is 35.5. The second kappa shape index (κ2) is 12.4. The van der Waals surface area contributed by atoms with Crippen LogP contribution >= 0.6 is 11.6 Å². The van der Waals surface area contributed by atoms with Gasteiger partial charge >= 0.3 is 0 Å². The average Bonchev–Trinajstić information content (AvgIpc) is 2.95. The van der Waals surface area contributed by atoms with Crippen LogP contribution < -0.4 is 16.0 Å². The fraction of sp³-hybridized carbons (Fsp3) is 0.586. The van der Waals surface area contributed by atoms with Crippen molar-refractivity contribution in [3.05, 3.63) is 35.5 Å². The molecule has 4 heterocycles. The van der Waals surface area contributed by atoms with Crippen LogP contribution in [0.4, 0.5) is 11.6 Å². The molecular formula is C29H38ClN5O2. The lowest BCUT2D eigenvalue weighted by Gasteiger charge is -2.34. The Morgan fingerprint density at radius 1 is 0.946 bits per heavy atom. The molecule has 2 aromatic rings. The van der Waals surface area contributed by atoms with Crippen LogP contribution in [0.5, 0.6) is 0 Å². The zero-order chi connectivity index (χ0) is 25.5. The molecule has 37 heavy (non-hydrogen) atoms. The topological polar surface area (TPSA) is 80.3 Å². The van der Waals surface area contributed by atoms with E-state index in [-0.39, 0.29) is 5.41 Å². The van der Waals surface area contributed by atoms with Crippen LogP contribution in [0.3, 0.4) is 0 Å². The fourth-order valence-corrected chi connectivity index (χ4v) is 5.80. The summed E-state index contributed by atoms with van der Waals surface area (Å²) in [7, 11) is 0. The summed E-state index contributed by atoms with van der Waals surface area (Å²) < 4.78 is 11.0. The van der Waals surface area contributed by atoms with E-state index in [9.17, 15) is 0 Å². The molecule has 2 aromatic heterocycles. The first-order valence-corrected chi connectivity index (χ1v) is 14.0. The number of hydrogen-bond acceptors (Lipinski definition) is 7. The molecule has 0 spiro atoms. The van der Waals surface area contributed by atoms with Crippen molar-refractivity contribution >= 4 is 23.2 Å². The lowest BCUT2D eigenvalue weighted by atomic mass is 9.81. The quantitative estimate of drug-likeness (QED) is 0.414. The number of terminal acetylenes is 1. The molecule has 1 saturated carbocycles. The summed E-state index contributed by atoms with van der Waals surface area (Å²) in [4.78, 5) is 9.40. The highest BCUT2D eigenvalue weighted by Gasteiger charge is 2.30. The predicted molar refractivity (Wildman–Crippen MR) is 149 cm³/mol. The van der Waals surface area contributed by atoms with Crippen LogP contribution in [-0.2, 0) is 9.47 Å². The normalized spacial score (nSPS) is 24.2. The zero-order valence-electron chi connectivity index (χ0n) is 21.5. The monoisotopic (exact) mass is 523 g/mol. The Labute approximate surface area is 225 Å². The molecule has 5 rings (SSSR count). The number of ether oxygens (including phenoxy) is 2. The van der Waals surface area contributed by atoms with Gasteiger partial charge in [0.2, 0.25) is 0 Å². The molecule has 2 saturated heterocycles. The van der Waals surface area contributed by atoms with Crippen molar-refractivity contribution in [2.24, 2.45) is 5.41 Å². The van der Waals surface area contributed by atoms with Gasteiger partial charge in [0, 0.05) is 62.9 Å². The van der Waals surface area contributed by atoms with Crippen LogP contribution in [0.2, 0.25) is 5.02 Å². The minimum absolute atomic E-state index is 0.194. The summed E-state index contributed by atoms with van der Waals surface area (Å²) in [5, 5.41) is 11.5. The van der Waals surface area contributed by atoms with Gasteiger partial charge < -0.3 is 25.4 Å². The molecule has 0 atom stereocenters. The molecule has 3 N–H and O–H groups in total. The molecule has 3 fully saturated rings. The van der Waals surface area contributed by atoms with Gasteiger partial charge in [-0.1, -0.05) is 23.6 Å². The van der Waals surface area contributed by atoms with Gasteiger partial charge in [-0.15, -0.1) is 6.42 Å². The summed E-state index contributed by atoms with van der Waals surface area (Å²) in [6.07, 6.45) is 16.2. The molecule has 0 amide bonds. The van der Waals surface area contributed by atoms with E-state index in [1.807, 2.05) is 24.3 Å². The lowest BCUT2D eigenvalue weighted by molar-refractivity contribution is 0.0464. The number of rotatable bonds is 8. The van der Waals surface area contributed by atoms with E-state index >= 15 is 0 Å². The second-order valence-corrected chi connectivity index (χ2v) is 11.0. The van der Waals surface area contributed by atoms with Crippen molar-refractivity contribution in [2.45, 2.75) is 69.5 Å². The second-order valence-electron chi connectivity index (χ2n) is 10.6. The molecule has 0 unspecified atom stereocenters. The van der Waals surface area contributed by atoms with Crippen molar-refractivity contribution in [1.29, 1.82) is 0 Å². The Bertz CT molecular complexity index is 1070. The maximum atomic E-state index is 6.57. The van der Waals surface area contributed by atoms with Crippen LogP contribution in [-0.4, -0.2) is 61.1 Å². The summed E-state index contributed by atoms with van der Waals surface area (Å²) >= 11 is 6.57. The number of anilines is 2. The number of nitrogens with zero attached hydrogens (tertiary/aromatic N) is 2. The lowest BCUT2D eigenvalue weighted by Crippen LogP contribution is -2.44. The Balaban J connectivity index is 1.18. The first kappa shape index (κ1) is 26.2. The van der Waals surface area contributed by atoms with Gasteiger partial charge in [-0.2, -0.15) is 0 Å².